The fourth-order valence-corrected chi connectivity index (χ4v) is 1.34. The van der Waals surface area contributed by atoms with Crippen molar-refractivity contribution in [1.82, 2.24) is 20.2 Å². The van der Waals surface area contributed by atoms with E-state index < -0.39 is 0 Å². The molecule has 0 unspecified atom stereocenters. The first-order valence-electron chi connectivity index (χ1n) is 4.93. The van der Waals surface area contributed by atoms with E-state index in [1.165, 1.54) is 22.0 Å². The summed E-state index contributed by atoms with van der Waals surface area (Å²) in [4.78, 5) is 13.3. The number of carbonyl (C=O) groups is 1. The standard InChI is InChI=1S/C10H11N5O2/c1-14(8-3-2-4-9(16)5-8)10(17)6-15-7-11-12-13-15/h2-5,7,16H,6H2,1H3. The number of phenolic OH excluding ortho intramolecular Hbond substituents is 1. The maximum Gasteiger partial charge on any atom is 0.248 e. The highest BCUT2D eigenvalue weighted by Gasteiger charge is 2.12. The van der Waals surface area contributed by atoms with Crippen LogP contribution in [0.3, 0.4) is 0 Å². The highest BCUT2D eigenvalue weighted by molar-refractivity contribution is 5.92. The molecule has 1 aromatic heterocycles. The largest absolute Gasteiger partial charge is 0.508 e. The lowest BCUT2D eigenvalue weighted by molar-refractivity contribution is -0.119. The molecule has 1 aromatic carbocycles. The van der Waals surface area contributed by atoms with Crippen LogP contribution in [0.2, 0.25) is 0 Å². The molecule has 88 valence electrons. The van der Waals surface area contributed by atoms with Gasteiger partial charge in [0.05, 0.1) is 0 Å². The lowest BCUT2D eigenvalue weighted by atomic mass is 10.3. The molecular formula is C10H11N5O2. The summed E-state index contributed by atoms with van der Waals surface area (Å²) >= 11 is 0. The Morgan fingerprint density at radius 3 is 3.00 bits per heavy atom. The van der Waals surface area contributed by atoms with Gasteiger partial charge in [-0.1, -0.05) is 6.07 Å². The second-order valence-corrected chi connectivity index (χ2v) is 3.48. The number of likely N-dealkylation sites (N-methyl/N-ethyl adjacent to an activating group) is 1. The average molecular weight is 233 g/mol. The number of tetrazole rings is 1. The minimum absolute atomic E-state index is 0.0547. The van der Waals surface area contributed by atoms with Crippen LogP contribution in [0.25, 0.3) is 0 Å². The van der Waals surface area contributed by atoms with Crippen molar-refractivity contribution in [2.75, 3.05) is 11.9 Å². The van der Waals surface area contributed by atoms with Gasteiger partial charge in [-0.25, -0.2) is 4.68 Å². The maximum atomic E-state index is 11.9. The van der Waals surface area contributed by atoms with Gasteiger partial charge in [0.25, 0.3) is 0 Å². The predicted octanol–water partition coefficient (Wildman–Crippen LogP) is 0.0417. The molecule has 7 heteroatoms. The predicted molar refractivity (Wildman–Crippen MR) is 59.3 cm³/mol. The minimum atomic E-state index is -0.178. The fourth-order valence-electron chi connectivity index (χ4n) is 1.34. The summed E-state index contributed by atoms with van der Waals surface area (Å²) in [6, 6.07) is 6.46. The van der Waals surface area contributed by atoms with Gasteiger partial charge < -0.3 is 10.0 Å². The molecule has 1 amide bonds. The number of anilines is 1. The van der Waals surface area contributed by atoms with E-state index in [9.17, 15) is 9.90 Å². The molecule has 0 saturated heterocycles. The van der Waals surface area contributed by atoms with Gasteiger partial charge in [0.1, 0.15) is 18.6 Å². The van der Waals surface area contributed by atoms with Crippen molar-refractivity contribution >= 4 is 11.6 Å². The van der Waals surface area contributed by atoms with Crippen molar-refractivity contribution in [3.8, 4) is 5.75 Å². The summed E-state index contributed by atoms with van der Waals surface area (Å²) in [5, 5.41) is 19.8. The third-order valence-corrected chi connectivity index (χ3v) is 2.28. The van der Waals surface area contributed by atoms with E-state index in [-0.39, 0.29) is 18.2 Å². The molecule has 1 N–H and O–H groups in total. The van der Waals surface area contributed by atoms with E-state index in [1.54, 1.807) is 25.2 Å². The van der Waals surface area contributed by atoms with Crippen molar-refractivity contribution in [3.05, 3.63) is 30.6 Å². The summed E-state index contributed by atoms with van der Waals surface area (Å²) < 4.78 is 1.33. The Balaban J connectivity index is 2.09. The number of aromatic hydroxyl groups is 1. The number of rotatable bonds is 3. The molecule has 1 heterocycles. The zero-order chi connectivity index (χ0) is 12.3. The van der Waals surface area contributed by atoms with Crippen LogP contribution in [0.15, 0.2) is 30.6 Å². The van der Waals surface area contributed by atoms with Gasteiger partial charge in [0.2, 0.25) is 5.91 Å². The lowest BCUT2D eigenvalue weighted by Gasteiger charge is -2.17. The summed E-state index contributed by atoms with van der Waals surface area (Å²) in [6.07, 6.45) is 1.37. The van der Waals surface area contributed by atoms with Crippen LogP contribution < -0.4 is 4.90 Å². The Kier molecular flexibility index (Phi) is 2.99. The molecule has 0 bridgehead atoms. The smallest absolute Gasteiger partial charge is 0.248 e. The number of hydrogen-bond acceptors (Lipinski definition) is 5. The van der Waals surface area contributed by atoms with Crippen molar-refractivity contribution in [1.29, 1.82) is 0 Å². The Morgan fingerprint density at radius 2 is 2.35 bits per heavy atom. The summed E-state index contributed by atoms with van der Waals surface area (Å²) in [7, 11) is 1.63. The molecule has 0 atom stereocenters. The number of nitrogens with zero attached hydrogens (tertiary/aromatic N) is 5. The third kappa shape index (κ3) is 2.57. The van der Waals surface area contributed by atoms with E-state index in [4.69, 9.17) is 0 Å². The zero-order valence-corrected chi connectivity index (χ0v) is 9.19. The molecule has 0 aliphatic rings. The van der Waals surface area contributed by atoms with E-state index in [0.717, 1.165) is 0 Å². The van der Waals surface area contributed by atoms with Crippen LogP contribution in [-0.2, 0) is 11.3 Å². The van der Waals surface area contributed by atoms with Gasteiger partial charge >= 0.3 is 0 Å². The molecule has 0 spiro atoms. The van der Waals surface area contributed by atoms with E-state index in [0.29, 0.717) is 5.69 Å². The molecule has 0 saturated carbocycles. The second kappa shape index (κ2) is 4.60. The van der Waals surface area contributed by atoms with E-state index in [1.807, 2.05) is 0 Å². The highest BCUT2D eigenvalue weighted by Crippen LogP contribution is 2.18. The zero-order valence-electron chi connectivity index (χ0n) is 9.19. The number of carbonyl (C=O) groups excluding carboxylic acids is 1. The second-order valence-electron chi connectivity index (χ2n) is 3.48. The van der Waals surface area contributed by atoms with Crippen LogP contribution in [-0.4, -0.2) is 38.3 Å². The average Bonchev–Trinajstić information content (AvgIpc) is 2.80. The Bertz CT molecular complexity index is 511. The quantitative estimate of drug-likeness (QED) is 0.809. The Hall–Kier alpha value is -2.44. The minimum Gasteiger partial charge on any atom is -0.508 e. The molecule has 0 fully saturated rings. The van der Waals surface area contributed by atoms with Crippen molar-refractivity contribution in [2.24, 2.45) is 0 Å². The Morgan fingerprint density at radius 1 is 1.53 bits per heavy atom. The first-order valence-corrected chi connectivity index (χ1v) is 4.93. The molecule has 17 heavy (non-hydrogen) atoms. The van der Waals surface area contributed by atoms with Crippen molar-refractivity contribution < 1.29 is 9.90 Å². The number of benzene rings is 1. The first-order chi connectivity index (χ1) is 8.16. The summed E-state index contributed by atoms with van der Waals surface area (Å²) in [6.45, 7) is 0.0547. The van der Waals surface area contributed by atoms with Crippen LogP contribution in [0.5, 0.6) is 5.75 Å². The monoisotopic (exact) mass is 233 g/mol. The third-order valence-electron chi connectivity index (χ3n) is 2.28. The van der Waals surface area contributed by atoms with Crippen molar-refractivity contribution in [2.45, 2.75) is 6.54 Å². The molecule has 2 aromatic rings. The normalized spacial score (nSPS) is 10.2. The molecule has 0 radical (unpaired) electrons. The molecular weight excluding hydrogens is 222 g/mol. The van der Waals surface area contributed by atoms with E-state index >= 15 is 0 Å². The van der Waals surface area contributed by atoms with Crippen molar-refractivity contribution in [3.63, 3.8) is 0 Å². The van der Waals surface area contributed by atoms with Gasteiger partial charge in [0.15, 0.2) is 0 Å². The number of phenols is 1. The Labute approximate surface area is 97.3 Å². The summed E-state index contributed by atoms with van der Waals surface area (Å²) in [5.74, 6) is -0.0625. The summed E-state index contributed by atoms with van der Waals surface area (Å²) in [5.41, 5.74) is 0.614. The van der Waals surface area contributed by atoms with Crippen LogP contribution in [0, 0.1) is 0 Å². The highest BCUT2D eigenvalue weighted by atomic mass is 16.3. The van der Waals surface area contributed by atoms with Gasteiger partial charge in [-0.3, -0.25) is 4.79 Å². The topological polar surface area (TPSA) is 84.1 Å². The first kappa shape index (κ1) is 11.1. The number of aromatic nitrogens is 4. The number of amides is 1. The lowest BCUT2D eigenvalue weighted by Crippen LogP contribution is -2.30. The van der Waals surface area contributed by atoms with Gasteiger partial charge in [-0.05, 0) is 22.6 Å². The maximum absolute atomic E-state index is 11.9. The number of hydrogen-bond donors (Lipinski definition) is 1. The van der Waals surface area contributed by atoms with E-state index in [2.05, 4.69) is 15.5 Å². The van der Waals surface area contributed by atoms with Gasteiger partial charge in [-0.2, -0.15) is 0 Å². The van der Waals surface area contributed by atoms with Gasteiger partial charge in [-0.15, -0.1) is 5.10 Å². The molecule has 0 aliphatic heterocycles. The molecule has 2 rings (SSSR count). The molecule has 0 aliphatic carbocycles. The fraction of sp³-hybridized carbons (Fsp3) is 0.200. The van der Waals surface area contributed by atoms with Crippen LogP contribution in [0.4, 0.5) is 5.69 Å². The van der Waals surface area contributed by atoms with Crippen LogP contribution >= 0.6 is 0 Å². The SMILES string of the molecule is CN(C(=O)Cn1cnnn1)c1cccc(O)c1. The van der Waals surface area contributed by atoms with Gasteiger partial charge in [0, 0.05) is 18.8 Å². The van der Waals surface area contributed by atoms with Crippen LogP contribution in [0.1, 0.15) is 0 Å². The molecule has 7 nitrogen and oxygen atoms in total.